The molecule has 0 N–H and O–H groups in total. The highest BCUT2D eigenvalue weighted by atomic mass is 32.2. The van der Waals surface area contributed by atoms with Crippen LogP contribution in [0.25, 0.3) is 0 Å². The normalized spacial score (nSPS) is 14.5. The second-order valence-electron chi connectivity index (χ2n) is 5.37. The van der Waals surface area contributed by atoms with Gasteiger partial charge in [0.1, 0.15) is 28.1 Å². The molecule has 0 aromatic carbocycles. The monoisotopic (exact) mass is 322 g/mol. The Balaban J connectivity index is 2.77. The van der Waals surface area contributed by atoms with Gasteiger partial charge >= 0.3 is 6.18 Å². The number of nitrogens with zero attached hydrogens (tertiary/aromatic N) is 2. The molecule has 0 aliphatic rings. The number of hydrogen-bond donors (Lipinski definition) is 0. The standard InChI is InChI=1S/C13H17F3N2O2S/c1-9-5-10(20-8-13(14,15)16)6-17-11(9)7-18-21(19)12(2,3)4/h5-7H,8H2,1-4H3/b18-7+. The first-order chi connectivity index (χ1) is 9.49. The Morgan fingerprint density at radius 2 is 2.00 bits per heavy atom. The van der Waals surface area contributed by atoms with Gasteiger partial charge in [-0.25, -0.2) is 0 Å². The van der Waals surface area contributed by atoms with Crippen molar-refractivity contribution in [3.8, 4) is 5.75 Å². The van der Waals surface area contributed by atoms with E-state index in [-0.39, 0.29) is 5.75 Å². The van der Waals surface area contributed by atoms with Gasteiger partial charge in [0, 0.05) is 0 Å². The number of rotatable bonds is 4. The highest BCUT2D eigenvalue weighted by molar-refractivity contribution is 7.91. The topological polar surface area (TPSA) is 57.5 Å². The third-order valence-corrected chi connectivity index (χ3v) is 3.64. The fourth-order valence-electron chi connectivity index (χ4n) is 1.19. The predicted octanol–water partition coefficient (Wildman–Crippen LogP) is 3.21. The predicted molar refractivity (Wildman–Crippen MR) is 76.0 cm³/mol. The number of halogens is 3. The lowest BCUT2D eigenvalue weighted by atomic mass is 10.2. The third kappa shape index (κ3) is 6.34. The highest BCUT2D eigenvalue weighted by Gasteiger charge is 2.28. The van der Waals surface area contributed by atoms with Crippen molar-refractivity contribution < 1.29 is 22.5 Å². The second-order valence-corrected chi connectivity index (χ2v) is 7.31. The molecule has 1 aromatic rings. The van der Waals surface area contributed by atoms with Gasteiger partial charge in [-0.2, -0.15) is 13.2 Å². The summed E-state index contributed by atoms with van der Waals surface area (Å²) in [5.41, 5.74) is 1.02. The van der Waals surface area contributed by atoms with Gasteiger partial charge in [-0.3, -0.25) is 4.98 Å². The molecule has 0 saturated carbocycles. The van der Waals surface area contributed by atoms with E-state index in [9.17, 15) is 17.7 Å². The molecule has 0 radical (unpaired) electrons. The Kier molecular flexibility index (Phi) is 5.63. The summed E-state index contributed by atoms with van der Waals surface area (Å²) >= 11 is -1.42. The molecule has 0 amide bonds. The van der Waals surface area contributed by atoms with E-state index in [4.69, 9.17) is 0 Å². The molecular weight excluding hydrogens is 305 g/mol. The van der Waals surface area contributed by atoms with Crippen LogP contribution in [0.5, 0.6) is 5.75 Å². The van der Waals surface area contributed by atoms with E-state index >= 15 is 0 Å². The molecule has 1 unspecified atom stereocenters. The molecular formula is C13H17F3N2O2S. The minimum Gasteiger partial charge on any atom is -0.591 e. The van der Waals surface area contributed by atoms with Gasteiger partial charge in [-0.15, -0.1) is 0 Å². The third-order valence-electron chi connectivity index (χ3n) is 2.29. The number of ether oxygens (including phenoxy) is 1. The maximum absolute atomic E-state index is 12.0. The van der Waals surface area contributed by atoms with Crippen LogP contribution < -0.4 is 4.74 Å². The summed E-state index contributed by atoms with van der Waals surface area (Å²) in [6.07, 6.45) is -1.86. The van der Waals surface area contributed by atoms with E-state index < -0.39 is 28.9 Å². The first-order valence-corrected chi connectivity index (χ1v) is 7.22. The molecule has 0 bridgehead atoms. The summed E-state index contributed by atoms with van der Waals surface area (Å²) in [7, 11) is 0. The van der Waals surface area contributed by atoms with E-state index in [1.807, 2.05) is 0 Å². The van der Waals surface area contributed by atoms with Gasteiger partial charge in [0.15, 0.2) is 6.61 Å². The van der Waals surface area contributed by atoms with E-state index in [1.54, 1.807) is 27.7 Å². The van der Waals surface area contributed by atoms with Crippen LogP contribution in [-0.4, -0.2) is 33.3 Å². The van der Waals surface area contributed by atoms with Crippen molar-refractivity contribution in [2.45, 2.75) is 38.6 Å². The molecule has 1 heterocycles. The Labute approximate surface area is 124 Å². The summed E-state index contributed by atoms with van der Waals surface area (Å²) in [6.45, 7) is 5.66. The zero-order valence-electron chi connectivity index (χ0n) is 12.2. The maximum Gasteiger partial charge on any atom is 0.422 e. The smallest absolute Gasteiger partial charge is 0.422 e. The average molecular weight is 322 g/mol. The van der Waals surface area contributed by atoms with Crippen LogP contribution >= 0.6 is 0 Å². The lowest BCUT2D eigenvalue weighted by Crippen LogP contribution is -2.25. The van der Waals surface area contributed by atoms with Crippen LogP contribution in [0.15, 0.2) is 16.7 Å². The molecule has 0 aliphatic carbocycles. The molecule has 21 heavy (non-hydrogen) atoms. The summed E-state index contributed by atoms with van der Waals surface area (Å²) < 4.78 is 55.9. The minimum absolute atomic E-state index is 0.0268. The number of pyridine rings is 1. The molecule has 0 saturated heterocycles. The van der Waals surface area contributed by atoms with Gasteiger partial charge < -0.3 is 9.29 Å². The van der Waals surface area contributed by atoms with Gasteiger partial charge in [0.2, 0.25) is 0 Å². The first-order valence-electron chi connectivity index (χ1n) is 6.11. The minimum atomic E-state index is -4.39. The van der Waals surface area contributed by atoms with Crippen LogP contribution in [0.2, 0.25) is 0 Å². The summed E-state index contributed by atoms with van der Waals surface area (Å²) in [5, 5.41) is 0. The van der Waals surface area contributed by atoms with Gasteiger partial charge in [-0.1, -0.05) is 4.40 Å². The van der Waals surface area contributed by atoms with E-state index in [2.05, 4.69) is 14.1 Å². The molecule has 8 heteroatoms. The van der Waals surface area contributed by atoms with Gasteiger partial charge in [0.25, 0.3) is 0 Å². The number of hydrogen-bond acceptors (Lipinski definition) is 4. The fourth-order valence-corrected chi connectivity index (χ4v) is 1.71. The van der Waals surface area contributed by atoms with Crippen LogP contribution in [0, 0.1) is 6.92 Å². The molecule has 0 fully saturated rings. The van der Waals surface area contributed by atoms with Crippen LogP contribution in [-0.2, 0) is 11.4 Å². The van der Waals surface area contributed by atoms with Crippen molar-refractivity contribution in [2.24, 2.45) is 4.40 Å². The number of aryl methyl sites for hydroxylation is 1. The maximum atomic E-state index is 12.0. The van der Waals surface area contributed by atoms with Crippen molar-refractivity contribution in [3.63, 3.8) is 0 Å². The van der Waals surface area contributed by atoms with Crippen molar-refractivity contribution >= 4 is 17.6 Å². The number of alkyl halides is 3. The molecule has 1 aromatic heterocycles. The lowest BCUT2D eigenvalue weighted by Gasteiger charge is -2.17. The van der Waals surface area contributed by atoms with E-state index in [1.165, 1.54) is 18.5 Å². The molecule has 0 spiro atoms. The van der Waals surface area contributed by atoms with Gasteiger partial charge in [0.05, 0.1) is 11.9 Å². The zero-order valence-corrected chi connectivity index (χ0v) is 13.0. The summed E-state index contributed by atoms with van der Waals surface area (Å²) in [6, 6.07) is 1.43. The van der Waals surface area contributed by atoms with Crippen LogP contribution in [0.1, 0.15) is 32.0 Å². The zero-order chi connectivity index (χ0) is 16.3. The Hall–Kier alpha value is -1.28. The molecule has 1 rings (SSSR count). The molecule has 1 atom stereocenters. The SMILES string of the molecule is Cc1cc(OCC(F)(F)F)cnc1/C=N/[S+]([O-])C(C)(C)C. The van der Waals surface area contributed by atoms with Crippen LogP contribution in [0.4, 0.5) is 13.2 Å². The van der Waals surface area contributed by atoms with Crippen molar-refractivity contribution in [1.82, 2.24) is 4.98 Å². The quantitative estimate of drug-likeness (QED) is 0.632. The fraction of sp³-hybridized carbons (Fsp3) is 0.538. The van der Waals surface area contributed by atoms with Crippen molar-refractivity contribution in [1.29, 1.82) is 0 Å². The molecule has 118 valence electrons. The summed E-state index contributed by atoms with van der Waals surface area (Å²) in [5.74, 6) is 0.0268. The van der Waals surface area contributed by atoms with Crippen molar-refractivity contribution in [2.75, 3.05) is 6.61 Å². The second kappa shape index (κ2) is 6.65. The molecule has 4 nitrogen and oxygen atoms in total. The largest absolute Gasteiger partial charge is 0.591 e. The van der Waals surface area contributed by atoms with Gasteiger partial charge in [-0.05, 0) is 39.3 Å². The molecule has 0 aliphatic heterocycles. The highest BCUT2D eigenvalue weighted by Crippen LogP contribution is 2.20. The summed E-state index contributed by atoms with van der Waals surface area (Å²) in [4.78, 5) is 3.96. The Bertz CT molecular complexity index is 513. The average Bonchev–Trinajstić information content (AvgIpc) is 2.32. The lowest BCUT2D eigenvalue weighted by molar-refractivity contribution is -0.153. The van der Waals surface area contributed by atoms with E-state index in [0.717, 1.165) is 0 Å². The van der Waals surface area contributed by atoms with E-state index in [0.29, 0.717) is 11.3 Å². The first kappa shape index (κ1) is 17.8. The van der Waals surface area contributed by atoms with Crippen molar-refractivity contribution in [3.05, 3.63) is 23.5 Å². The van der Waals surface area contributed by atoms with Crippen LogP contribution in [0.3, 0.4) is 0 Å². The Morgan fingerprint density at radius 1 is 1.38 bits per heavy atom. The number of aromatic nitrogens is 1. The Morgan fingerprint density at radius 3 is 2.48 bits per heavy atom.